The Kier molecular flexibility index (Phi) is 9.62. The fourth-order valence-corrected chi connectivity index (χ4v) is 3.62. The van der Waals surface area contributed by atoms with Gasteiger partial charge in [0.05, 0.1) is 23.8 Å². The van der Waals surface area contributed by atoms with Crippen molar-refractivity contribution in [2.24, 2.45) is 0 Å². The molecule has 2 aromatic rings. The van der Waals surface area contributed by atoms with E-state index in [1.54, 1.807) is 11.3 Å². The number of benzene rings is 1. The highest BCUT2D eigenvalue weighted by Gasteiger charge is 2.18. The second-order valence-corrected chi connectivity index (χ2v) is 7.93. The molecular formula is C20H23BrN2O6S. The van der Waals surface area contributed by atoms with Crippen molar-refractivity contribution in [1.82, 2.24) is 10.6 Å². The number of carbonyl (C=O) groups is 3. The average molecular weight is 499 g/mol. The quantitative estimate of drug-likeness (QED) is 0.485. The molecule has 0 aliphatic heterocycles. The summed E-state index contributed by atoms with van der Waals surface area (Å²) in [5.74, 6) is -0.623. The van der Waals surface area contributed by atoms with Crippen LogP contribution in [0.25, 0.3) is 0 Å². The highest BCUT2D eigenvalue weighted by Crippen LogP contribution is 2.37. The van der Waals surface area contributed by atoms with Crippen LogP contribution in [0.15, 0.2) is 34.1 Å². The van der Waals surface area contributed by atoms with Gasteiger partial charge in [-0.05, 0) is 52.4 Å². The summed E-state index contributed by atoms with van der Waals surface area (Å²) in [7, 11) is 1.46. The number of esters is 1. The summed E-state index contributed by atoms with van der Waals surface area (Å²) in [5, 5.41) is 6.64. The molecule has 1 aromatic carbocycles. The predicted molar refractivity (Wildman–Crippen MR) is 116 cm³/mol. The van der Waals surface area contributed by atoms with Gasteiger partial charge in [-0.3, -0.25) is 10.1 Å². The third kappa shape index (κ3) is 7.34. The molecule has 1 heterocycles. The maximum absolute atomic E-state index is 12.3. The number of hydrogen-bond donors (Lipinski definition) is 2. The van der Waals surface area contributed by atoms with Gasteiger partial charge in [0.25, 0.3) is 5.91 Å². The smallest absolute Gasteiger partial charge is 0.338 e. The Morgan fingerprint density at radius 1 is 1.23 bits per heavy atom. The molecule has 0 saturated carbocycles. The van der Waals surface area contributed by atoms with Crippen molar-refractivity contribution >= 4 is 45.2 Å². The molecule has 8 nitrogen and oxygen atoms in total. The Balaban J connectivity index is 1.81. The van der Waals surface area contributed by atoms with E-state index in [9.17, 15) is 14.4 Å². The van der Waals surface area contributed by atoms with E-state index in [4.69, 9.17) is 14.2 Å². The van der Waals surface area contributed by atoms with E-state index in [1.807, 2.05) is 24.4 Å². The van der Waals surface area contributed by atoms with Gasteiger partial charge < -0.3 is 19.5 Å². The van der Waals surface area contributed by atoms with Crippen LogP contribution in [0.5, 0.6) is 11.5 Å². The SMILES string of the molecule is CCCOc1c(Br)cc(C(=O)OCC(=O)NC(=O)NCCc2cccs2)cc1OC. The summed E-state index contributed by atoms with van der Waals surface area (Å²) in [6.07, 6.45) is 1.49. The van der Waals surface area contributed by atoms with Crippen molar-refractivity contribution in [3.8, 4) is 11.5 Å². The maximum Gasteiger partial charge on any atom is 0.338 e. The summed E-state index contributed by atoms with van der Waals surface area (Å²) in [4.78, 5) is 37.0. The number of rotatable bonds is 10. The lowest BCUT2D eigenvalue weighted by atomic mass is 10.2. The molecule has 2 rings (SSSR count). The number of thiophene rings is 1. The van der Waals surface area contributed by atoms with E-state index in [0.717, 1.165) is 11.3 Å². The van der Waals surface area contributed by atoms with Crippen LogP contribution in [-0.4, -0.2) is 44.8 Å². The Morgan fingerprint density at radius 3 is 2.70 bits per heavy atom. The van der Waals surface area contributed by atoms with Crippen LogP contribution >= 0.6 is 27.3 Å². The monoisotopic (exact) mass is 498 g/mol. The van der Waals surface area contributed by atoms with Crippen LogP contribution in [0.1, 0.15) is 28.6 Å². The molecule has 0 fully saturated rings. The highest BCUT2D eigenvalue weighted by molar-refractivity contribution is 9.10. The zero-order chi connectivity index (χ0) is 21.9. The topological polar surface area (TPSA) is 103 Å². The lowest BCUT2D eigenvalue weighted by Gasteiger charge is -2.13. The van der Waals surface area contributed by atoms with Gasteiger partial charge in [0.2, 0.25) is 0 Å². The fraction of sp³-hybridized carbons (Fsp3) is 0.350. The molecule has 0 spiro atoms. The standard InChI is InChI=1S/C20H23BrN2O6S/c1-3-8-28-18-15(21)10-13(11-16(18)27-2)19(25)29-12-17(24)23-20(26)22-7-6-14-5-4-9-30-14/h4-5,9-11H,3,6-8,12H2,1-2H3,(H2,22,23,24,26). The van der Waals surface area contributed by atoms with Gasteiger partial charge in [0.1, 0.15) is 0 Å². The summed E-state index contributed by atoms with van der Waals surface area (Å²) in [6, 6.07) is 6.23. The summed E-state index contributed by atoms with van der Waals surface area (Å²) < 4.78 is 16.4. The summed E-state index contributed by atoms with van der Waals surface area (Å²) in [5.41, 5.74) is 0.177. The van der Waals surface area contributed by atoms with E-state index in [1.165, 1.54) is 19.2 Å². The first-order valence-electron chi connectivity index (χ1n) is 9.22. The van der Waals surface area contributed by atoms with Gasteiger partial charge in [-0.15, -0.1) is 11.3 Å². The van der Waals surface area contributed by atoms with Crippen molar-refractivity contribution in [1.29, 1.82) is 0 Å². The molecule has 1 aromatic heterocycles. The van der Waals surface area contributed by atoms with Crippen LogP contribution in [-0.2, 0) is 16.0 Å². The first kappa shape index (κ1) is 23.7. The van der Waals surface area contributed by atoms with Crippen LogP contribution < -0.4 is 20.1 Å². The zero-order valence-corrected chi connectivity index (χ0v) is 19.1. The Bertz CT molecular complexity index is 872. The van der Waals surface area contributed by atoms with Gasteiger partial charge in [-0.25, -0.2) is 9.59 Å². The van der Waals surface area contributed by atoms with Gasteiger partial charge in [0, 0.05) is 11.4 Å². The molecule has 3 amide bonds. The van der Waals surface area contributed by atoms with Gasteiger partial charge in [0.15, 0.2) is 18.1 Å². The van der Waals surface area contributed by atoms with Crippen molar-refractivity contribution in [2.45, 2.75) is 19.8 Å². The number of nitrogens with one attached hydrogen (secondary N) is 2. The zero-order valence-electron chi connectivity index (χ0n) is 16.7. The number of carbonyl (C=O) groups excluding carboxylic acids is 3. The molecule has 10 heteroatoms. The number of methoxy groups -OCH3 is 1. The molecule has 0 aliphatic rings. The average Bonchev–Trinajstić information content (AvgIpc) is 3.24. The van der Waals surface area contributed by atoms with Crippen molar-refractivity contribution in [3.63, 3.8) is 0 Å². The maximum atomic E-state index is 12.3. The van der Waals surface area contributed by atoms with Gasteiger partial charge in [-0.1, -0.05) is 13.0 Å². The molecule has 30 heavy (non-hydrogen) atoms. The molecule has 0 aliphatic carbocycles. The van der Waals surface area contributed by atoms with Crippen molar-refractivity contribution < 1.29 is 28.6 Å². The third-order valence-electron chi connectivity index (χ3n) is 3.74. The Hall–Kier alpha value is -2.59. The molecule has 162 valence electrons. The van der Waals surface area contributed by atoms with Crippen molar-refractivity contribution in [3.05, 3.63) is 44.6 Å². The number of imide groups is 1. The van der Waals surface area contributed by atoms with Crippen LogP contribution in [0.4, 0.5) is 4.79 Å². The number of hydrogen-bond acceptors (Lipinski definition) is 7. The van der Waals surface area contributed by atoms with Crippen molar-refractivity contribution in [2.75, 3.05) is 26.9 Å². The minimum atomic E-state index is -0.732. The van der Waals surface area contributed by atoms with Gasteiger partial charge in [-0.2, -0.15) is 0 Å². The predicted octanol–water partition coefficient (Wildman–Crippen LogP) is 3.53. The highest BCUT2D eigenvalue weighted by atomic mass is 79.9. The lowest BCUT2D eigenvalue weighted by Crippen LogP contribution is -2.42. The second-order valence-electron chi connectivity index (χ2n) is 6.05. The number of urea groups is 1. The number of amides is 3. The number of ether oxygens (including phenoxy) is 3. The lowest BCUT2D eigenvalue weighted by molar-refractivity contribution is -0.123. The minimum Gasteiger partial charge on any atom is -0.493 e. The minimum absolute atomic E-state index is 0.177. The second kappa shape index (κ2) is 12.2. The third-order valence-corrected chi connectivity index (χ3v) is 5.27. The van der Waals surface area contributed by atoms with E-state index in [-0.39, 0.29) is 5.56 Å². The molecule has 0 atom stereocenters. The molecule has 0 bridgehead atoms. The fourth-order valence-electron chi connectivity index (χ4n) is 2.36. The molecule has 2 N–H and O–H groups in total. The van der Waals surface area contributed by atoms with E-state index in [0.29, 0.717) is 35.5 Å². The number of halogens is 1. The molecule has 0 radical (unpaired) electrons. The summed E-state index contributed by atoms with van der Waals surface area (Å²) in [6.45, 7) is 2.26. The first-order chi connectivity index (χ1) is 14.4. The van der Waals surface area contributed by atoms with Gasteiger partial charge >= 0.3 is 12.0 Å². The van der Waals surface area contributed by atoms with E-state index >= 15 is 0 Å². The molecular weight excluding hydrogens is 476 g/mol. The Labute approximate surface area is 187 Å². The summed E-state index contributed by atoms with van der Waals surface area (Å²) >= 11 is 4.93. The molecule has 0 unspecified atom stereocenters. The van der Waals surface area contributed by atoms with Crippen LogP contribution in [0.3, 0.4) is 0 Å². The molecule has 0 saturated heterocycles. The first-order valence-corrected chi connectivity index (χ1v) is 10.9. The van der Waals surface area contributed by atoms with Crippen LogP contribution in [0.2, 0.25) is 0 Å². The Morgan fingerprint density at radius 2 is 2.03 bits per heavy atom. The van der Waals surface area contributed by atoms with E-state index < -0.39 is 24.5 Å². The van der Waals surface area contributed by atoms with E-state index in [2.05, 4.69) is 26.6 Å². The normalized spacial score (nSPS) is 10.2. The van der Waals surface area contributed by atoms with Crippen LogP contribution in [0, 0.1) is 0 Å². The largest absolute Gasteiger partial charge is 0.493 e.